The molecule has 0 aliphatic heterocycles. The molecule has 0 fully saturated rings. The molecule has 19 heavy (non-hydrogen) atoms. The molecule has 0 saturated heterocycles. The van der Waals surface area contributed by atoms with Crippen molar-refractivity contribution in [1.29, 1.82) is 0 Å². The molecule has 1 atom stereocenters. The van der Waals surface area contributed by atoms with Crippen LogP contribution in [0.2, 0.25) is 0 Å². The number of rotatable bonds is 3. The van der Waals surface area contributed by atoms with Crippen LogP contribution in [0.4, 0.5) is 5.69 Å². The first-order valence-electron chi connectivity index (χ1n) is 6.49. The van der Waals surface area contributed by atoms with Crippen LogP contribution >= 0.6 is 0 Å². The molecular formula is C15H18N2O2. The van der Waals surface area contributed by atoms with Gasteiger partial charge in [0.1, 0.15) is 0 Å². The Balaban J connectivity index is 2.12. The van der Waals surface area contributed by atoms with Crippen LogP contribution in [-0.4, -0.2) is 18.9 Å². The molecule has 4 heteroatoms. The van der Waals surface area contributed by atoms with Gasteiger partial charge >= 0.3 is 0 Å². The van der Waals surface area contributed by atoms with Crippen LogP contribution in [0.25, 0.3) is 0 Å². The minimum Gasteiger partial charge on any atom is -0.355 e. The summed E-state index contributed by atoms with van der Waals surface area (Å²) in [6.45, 7) is 0. The molecule has 2 rings (SSSR count). The van der Waals surface area contributed by atoms with E-state index in [1.54, 1.807) is 25.2 Å². The Kier molecular flexibility index (Phi) is 4.34. The molecule has 0 bridgehead atoms. The van der Waals surface area contributed by atoms with Gasteiger partial charge in [-0.1, -0.05) is 24.3 Å². The molecule has 0 aromatic heterocycles. The van der Waals surface area contributed by atoms with Crippen LogP contribution in [0.1, 0.15) is 29.6 Å². The van der Waals surface area contributed by atoms with Crippen molar-refractivity contribution in [3.8, 4) is 0 Å². The molecule has 1 aliphatic rings. The van der Waals surface area contributed by atoms with Crippen LogP contribution in [-0.2, 0) is 4.79 Å². The number of carbonyl (C=O) groups is 2. The standard InChI is InChI=1S/C15H18N2O2/c1-16-15(19)12-9-5-6-10-13(12)17-14(18)11-7-3-2-4-8-11/h2-3,5-6,9-11H,4,7-8H2,1H3,(H,16,19)(H,17,18)/t11-/m1/s1. The van der Waals surface area contributed by atoms with E-state index in [1.807, 2.05) is 12.1 Å². The van der Waals surface area contributed by atoms with E-state index in [-0.39, 0.29) is 17.7 Å². The topological polar surface area (TPSA) is 58.2 Å². The fraction of sp³-hybridized carbons (Fsp3) is 0.333. The SMILES string of the molecule is CNC(=O)c1ccccc1NC(=O)[C@@H]1CC=CCC1. The Morgan fingerprint density at radius 1 is 1.21 bits per heavy atom. The third-order valence-electron chi connectivity index (χ3n) is 3.30. The smallest absolute Gasteiger partial charge is 0.253 e. The zero-order chi connectivity index (χ0) is 13.7. The van der Waals surface area contributed by atoms with Gasteiger partial charge in [-0.3, -0.25) is 9.59 Å². The first-order valence-corrected chi connectivity index (χ1v) is 6.49. The second-order valence-corrected chi connectivity index (χ2v) is 4.60. The predicted molar refractivity (Wildman–Crippen MR) is 74.9 cm³/mol. The Bertz CT molecular complexity index is 509. The molecule has 1 aliphatic carbocycles. The normalized spacial score (nSPS) is 17.8. The summed E-state index contributed by atoms with van der Waals surface area (Å²) < 4.78 is 0. The molecular weight excluding hydrogens is 240 g/mol. The molecule has 2 N–H and O–H groups in total. The number of para-hydroxylation sites is 1. The predicted octanol–water partition coefficient (Wildman–Crippen LogP) is 2.34. The Labute approximate surface area is 112 Å². The van der Waals surface area contributed by atoms with Gasteiger partial charge in [0.2, 0.25) is 5.91 Å². The second kappa shape index (κ2) is 6.18. The van der Waals surface area contributed by atoms with E-state index >= 15 is 0 Å². The van der Waals surface area contributed by atoms with E-state index in [2.05, 4.69) is 16.7 Å². The van der Waals surface area contributed by atoms with Crippen molar-refractivity contribution in [2.24, 2.45) is 5.92 Å². The van der Waals surface area contributed by atoms with Gasteiger partial charge in [-0.25, -0.2) is 0 Å². The van der Waals surface area contributed by atoms with Crippen molar-refractivity contribution in [1.82, 2.24) is 5.32 Å². The van der Waals surface area contributed by atoms with E-state index < -0.39 is 0 Å². The van der Waals surface area contributed by atoms with Crippen LogP contribution < -0.4 is 10.6 Å². The van der Waals surface area contributed by atoms with E-state index in [1.165, 1.54) is 0 Å². The third-order valence-corrected chi connectivity index (χ3v) is 3.30. The van der Waals surface area contributed by atoms with Crippen LogP contribution in [0.5, 0.6) is 0 Å². The molecule has 1 aromatic carbocycles. The van der Waals surface area contributed by atoms with Crippen molar-refractivity contribution < 1.29 is 9.59 Å². The summed E-state index contributed by atoms with van der Waals surface area (Å²) >= 11 is 0. The number of nitrogens with one attached hydrogen (secondary N) is 2. The average molecular weight is 258 g/mol. The summed E-state index contributed by atoms with van der Waals surface area (Å²) in [7, 11) is 1.58. The van der Waals surface area contributed by atoms with E-state index in [9.17, 15) is 9.59 Å². The number of carbonyl (C=O) groups excluding carboxylic acids is 2. The van der Waals surface area contributed by atoms with Gasteiger partial charge in [0.15, 0.2) is 0 Å². The van der Waals surface area contributed by atoms with Gasteiger partial charge in [-0.2, -0.15) is 0 Å². The number of hydrogen-bond acceptors (Lipinski definition) is 2. The van der Waals surface area contributed by atoms with E-state index in [4.69, 9.17) is 0 Å². The lowest BCUT2D eigenvalue weighted by molar-refractivity contribution is -0.120. The summed E-state index contributed by atoms with van der Waals surface area (Å²) in [5.41, 5.74) is 1.06. The maximum atomic E-state index is 12.2. The first-order chi connectivity index (χ1) is 9.22. The molecule has 1 aromatic rings. The van der Waals surface area contributed by atoms with Gasteiger partial charge in [-0.05, 0) is 31.4 Å². The number of anilines is 1. The van der Waals surface area contributed by atoms with Crippen molar-refractivity contribution in [2.75, 3.05) is 12.4 Å². The first kappa shape index (κ1) is 13.3. The number of hydrogen-bond donors (Lipinski definition) is 2. The third kappa shape index (κ3) is 3.22. The molecule has 4 nitrogen and oxygen atoms in total. The molecule has 0 saturated carbocycles. The molecule has 2 amide bonds. The Morgan fingerprint density at radius 2 is 2.00 bits per heavy atom. The summed E-state index contributed by atoms with van der Waals surface area (Å²) in [5, 5.41) is 5.43. The highest BCUT2D eigenvalue weighted by molar-refractivity contribution is 6.04. The van der Waals surface area contributed by atoms with Crippen LogP contribution in [0, 0.1) is 5.92 Å². The van der Waals surface area contributed by atoms with Crippen LogP contribution in [0.15, 0.2) is 36.4 Å². The largest absolute Gasteiger partial charge is 0.355 e. The monoisotopic (exact) mass is 258 g/mol. The van der Waals surface area contributed by atoms with Gasteiger partial charge < -0.3 is 10.6 Å². The minimum absolute atomic E-state index is 0.00254. The number of benzene rings is 1. The number of allylic oxidation sites excluding steroid dienone is 2. The fourth-order valence-corrected chi connectivity index (χ4v) is 2.19. The van der Waals surface area contributed by atoms with Gasteiger partial charge in [0.05, 0.1) is 11.3 Å². The highest BCUT2D eigenvalue weighted by Crippen LogP contribution is 2.22. The second-order valence-electron chi connectivity index (χ2n) is 4.60. The highest BCUT2D eigenvalue weighted by atomic mass is 16.2. The minimum atomic E-state index is -0.195. The zero-order valence-electron chi connectivity index (χ0n) is 11.0. The molecule has 0 spiro atoms. The lowest BCUT2D eigenvalue weighted by Crippen LogP contribution is -2.26. The summed E-state index contributed by atoms with van der Waals surface area (Å²) in [4.78, 5) is 23.9. The molecule has 0 radical (unpaired) electrons. The summed E-state index contributed by atoms with van der Waals surface area (Å²) in [5.74, 6) is -0.206. The Morgan fingerprint density at radius 3 is 2.68 bits per heavy atom. The molecule has 0 heterocycles. The lowest BCUT2D eigenvalue weighted by Gasteiger charge is -2.18. The zero-order valence-corrected chi connectivity index (χ0v) is 11.0. The van der Waals surface area contributed by atoms with Gasteiger partial charge in [0, 0.05) is 13.0 Å². The Hall–Kier alpha value is -2.10. The molecule has 0 unspecified atom stereocenters. The van der Waals surface area contributed by atoms with Gasteiger partial charge in [0.25, 0.3) is 5.91 Å². The van der Waals surface area contributed by atoms with Crippen molar-refractivity contribution in [3.05, 3.63) is 42.0 Å². The maximum Gasteiger partial charge on any atom is 0.253 e. The molecule has 100 valence electrons. The quantitative estimate of drug-likeness (QED) is 0.818. The lowest BCUT2D eigenvalue weighted by atomic mass is 9.93. The van der Waals surface area contributed by atoms with Crippen molar-refractivity contribution in [2.45, 2.75) is 19.3 Å². The average Bonchev–Trinajstić information content (AvgIpc) is 2.48. The van der Waals surface area contributed by atoms with E-state index in [0.29, 0.717) is 11.3 Å². The number of amides is 2. The fourth-order valence-electron chi connectivity index (χ4n) is 2.19. The maximum absolute atomic E-state index is 12.2. The summed E-state index contributed by atoms with van der Waals surface area (Å²) in [6.07, 6.45) is 6.72. The van der Waals surface area contributed by atoms with E-state index in [0.717, 1.165) is 19.3 Å². The van der Waals surface area contributed by atoms with Gasteiger partial charge in [-0.15, -0.1) is 0 Å². The van der Waals surface area contributed by atoms with Crippen molar-refractivity contribution in [3.63, 3.8) is 0 Å². The summed E-state index contributed by atoms with van der Waals surface area (Å²) in [6, 6.07) is 7.04. The van der Waals surface area contributed by atoms with Crippen molar-refractivity contribution >= 4 is 17.5 Å². The van der Waals surface area contributed by atoms with Crippen LogP contribution in [0.3, 0.4) is 0 Å². The highest BCUT2D eigenvalue weighted by Gasteiger charge is 2.20.